The number of hydrogen-bond donors (Lipinski definition) is 0. The van der Waals surface area contributed by atoms with Crippen molar-refractivity contribution in [2.24, 2.45) is 0 Å². The Balaban J connectivity index is 1.20. The van der Waals surface area contributed by atoms with Gasteiger partial charge in [-0.25, -0.2) is 0 Å². The molecule has 2 aliphatic rings. The fourth-order valence-corrected chi connectivity index (χ4v) is 9.08. The second-order valence-corrected chi connectivity index (χ2v) is 14.0. The summed E-state index contributed by atoms with van der Waals surface area (Å²) in [6, 6.07) is 62.9. The first-order valence-electron chi connectivity index (χ1n) is 18.1. The lowest BCUT2D eigenvalue weighted by molar-refractivity contribution is 0.669. The van der Waals surface area contributed by atoms with Gasteiger partial charge in [0.25, 0.3) is 0 Å². The van der Waals surface area contributed by atoms with E-state index < -0.39 is 0 Å². The van der Waals surface area contributed by atoms with Crippen LogP contribution in [0.4, 0.5) is 28.4 Å². The van der Waals surface area contributed by atoms with E-state index in [2.05, 4.69) is 174 Å². The van der Waals surface area contributed by atoms with Crippen LogP contribution in [0.15, 0.2) is 185 Å². The molecule has 12 rings (SSSR count). The van der Waals surface area contributed by atoms with Crippen LogP contribution in [-0.4, -0.2) is 6.85 Å². The van der Waals surface area contributed by atoms with E-state index in [9.17, 15) is 0 Å². The fraction of sp³-hybridized carbons (Fsp3) is 0. The van der Waals surface area contributed by atoms with Gasteiger partial charge in [0.15, 0.2) is 11.2 Å². The zero-order chi connectivity index (χ0) is 34.6. The summed E-state index contributed by atoms with van der Waals surface area (Å²) in [6.07, 6.45) is 0. The van der Waals surface area contributed by atoms with Gasteiger partial charge >= 0.3 is 6.85 Å². The average molecular weight is 677 g/mol. The first-order valence-corrected chi connectivity index (χ1v) is 18.1. The quantitative estimate of drug-likeness (QED) is 0.174. The minimum absolute atomic E-state index is 0.127. The Kier molecular flexibility index (Phi) is 5.83. The standard InChI is InChI=1S/C48H29BN2O2/c1-2-14-30(15-3-1)31-28-29-37-34-18-6-11-27-44(34)53-48(37)46(31)50-40-23-9-7-21-38(40)49-45-35(19-12-24-41(45)50)32-16-4-8-22-39(32)51(49)42-25-13-20-36-33-17-5-10-26-43(33)52-47(36)42/h1-29H. The lowest BCUT2D eigenvalue weighted by Crippen LogP contribution is -2.61. The molecule has 4 heterocycles. The zero-order valence-electron chi connectivity index (χ0n) is 28.5. The fourth-order valence-electron chi connectivity index (χ4n) is 9.08. The topological polar surface area (TPSA) is 32.8 Å². The van der Waals surface area contributed by atoms with Gasteiger partial charge in [-0.05, 0) is 64.5 Å². The van der Waals surface area contributed by atoms with Gasteiger partial charge in [-0.15, -0.1) is 0 Å². The Bertz CT molecular complexity index is 3110. The molecule has 53 heavy (non-hydrogen) atoms. The molecule has 0 N–H and O–H groups in total. The van der Waals surface area contributed by atoms with Gasteiger partial charge < -0.3 is 18.5 Å². The molecule has 0 spiro atoms. The van der Waals surface area contributed by atoms with Crippen LogP contribution in [0, 0.1) is 0 Å². The highest BCUT2D eigenvalue weighted by Crippen LogP contribution is 2.51. The van der Waals surface area contributed by atoms with E-state index in [1.54, 1.807) is 0 Å². The molecule has 246 valence electrons. The Morgan fingerprint density at radius 2 is 0.962 bits per heavy atom. The van der Waals surface area contributed by atoms with Gasteiger partial charge in [0.1, 0.15) is 11.2 Å². The Hall–Kier alpha value is -6.98. The molecule has 0 fully saturated rings. The number of para-hydroxylation sites is 5. The van der Waals surface area contributed by atoms with Gasteiger partial charge in [0.2, 0.25) is 0 Å². The van der Waals surface area contributed by atoms with Crippen LogP contribution >= 0.6 is 0 Å². The minimum Gasteiger partial charge on any atom is -0.454 e. The van der Waals surface area contributed by atoms with Crippen molar-refractivity contribution in [3.63, 3.8) is 0 Å². The highest BCUT2D eigenvalue weighted by atomic mass is 16.3. The van der Waals surface area contributed by atoms with Crippen molar-refractivity contribution < 1.29 is 8.83 Å². The second-order valence-electron chi connectivity index (χ2n) is 14.0. The molecule has 0 atom stereocenters. The second kappa shape index (κ2) is 10.8. The summed E-state index contributed by atoms with van der Waals surface area (Å²) in [6.45, 7) is -0.127. The maximum atomic E-state index is 6.89. The lowest BCUT2D eigenvalue weighted by Gasteiger charge is -2.45. The maximum Gasteiger partial charge on any atom is 0.333 e. The third-order valence-electron chi connectivity index (χ3n) is 11.3. The van der Waals surface area contributed by atoms with E-state index >= 15 is 0 Å². The van der Waals surface area contributed by atoms with E-state index in [0.29, 0.717) is 0 Å². The van der Waals surface area contributed by atoms with E-state index in [4.69, 9.17) is 8.83 Å². The molecular formula is C48H29BN2O2. The Morgan fingerprint density at radius 1 is 0.377 bits per heavy atom. The molecule has 2 aliphatic heterocycles. The molecule has 4 nitrogen and oxygen atoms in total. The summed E-state index contributed by atoms with van der Waals surface area (Å²) in [5.41, 5.74) is 16.2. The number of nitrogens with zero attached hydrogens (tertiary/aromatic N) is 2. The van der Waals surface area contributed by atoms with E-state index in [1.165, 1.54) is 22.1 Å². The predicted molar refractivity (Wildman–Crippen MR) is 220 cm³/mol. The average Bonchev–Trinajstić information content (AvgIpc) is 3.80. The van der Waals surface area contributed by atoms with Crippen molar-refractivity contribution in [3.05, 3.63) is 176 Å². The number of anilines is 5. The molecule has 0 unspecified atom stereocenters. The van der Waals surface area contributed by atoms with E-state index in [0.717, 1.165) is 83.4 Å². The minimum atomic E-state index is -0.127. The van der Waals surface area contributed by atoms with Crippen molar-refractivity contribution in [1.29, 1.82) is 0 Å². The van der Waals surface area contributed by atoms with E-state index in [1.807, 2.05) is 12.1 Å². The van der Waals surface area contributed by atoms with Crippen LogP contribution in [-0.2, 0) is 0 Å². The summed E-state index contributed by atoms with van der Waals surface area (Å²) >= 11 is 0. The molecule has 0 radical (unpaired) electrons. The van der Waals surface area contributed by atoms with Crippen molar-refractivity contribution in [2.45, 2.75) is 0 Å². The Labute approximate surface area is 305 Å². The molecule has 2 aromatic heterocycles. The third-order valence-corrected chi connectivity index (χ3v) is 11.3. The molecule has 0 aliphatic carbocycles. The van der Waals surface area contributed by atoms with Crippen LogP contribution in [0.1, 0.15) is 0 Å². The first-order chi connectivity index (χ1) is 26.3. The smallest absolute Gasteiger partial charge is 0.333 e. The highest BCUT2D eigenvalue weighted by molar-refractivity contribution is 6.93. The largest absolute Gasteiger partial charge is 0.454 e. The van der Waals surface area contributed by atoms with Crippen LogP contribution < -0.4 is 20.6 Å². The number of fused-ring (bicyclic) bond motifs is 10. The molecule has 0 bridgehead atoms. The van der Waals surface area contributed by atoms with Gasteiger partial charge in [0, 0.05) is 49.7 Å². The third kappa shape index (κ3) is 3.91. The van der Waals surface area contributed by atoms with Crippen LogP contribution in [0.3, 0.4) is 0 Å². The van der Waals surface area contributed by atoms with Crippen LogP contribution in [0.2, 0.25) is 0 Å². The molecule has 0 saturated carbocycles. The van der Waals surface area contributed by atoms with E-state index in [-0.39, 0.29) is 6.85 Å². The number of hydrogen-bond acceptors (Lipinski definition) is 4. The highest BCUT2D eigenvalue weighted by Gasteiger charge is 2.46. The molecular weight excluding hydrogens is 647 g/mol. The monoisotopic (exact) mass is 676 g/mol. The predicted octanol–water partition coefficient (Wildman–Crippen LogP) is 11.9. The van der Waals surface area contributed by atoms with Crippen molar-refractivity contribution in [3.8, 4) is 22.3 Å². The molecule has 0 saturated heterocycles. The summed E-state index contributed by atoms with van der Waals surface area (Å²) in [5.74, 6) is 0. The van der Waals surface area contributed by atoms with Crippen LogP contribution in [0.25, 0.3) is 66.1 Å². The van der Waals surface area contributed by atoms with Crippen molar-refractivity contribution in [1.82, 2.24) is 0 Å². The zero-order valence-corrected chi connectivity index (χ0v) is 28.5. The van der Waals surface area contributed by atoms with Gasteiger partial charge in [-0.1, -0.05) is 133 Å². The van der Waals surface area contributed by atoms with Gasteiger partial charge in [-0.2, -0.15) is 0 Å². The molecule has 8 aromatic carbocycles. The van der Waals surface area contributed by atoms with Gasteiger partial charge in [-0.3, -0.25) is 0 Å². The van der Waals surface area contributed by atoms with Crippen LogP contribution in [0.5, 0.6) is 0 Å². The molecule has 10 aromatic rings. The number of furan rings is 2. The maximum absolute atomic E-state index is 6.89. The van der Waals surface area contributed by atoms with Gasteiger partial charge in [0.05, 0.1) is 11.4 Å². The first kappa shape index (κ1) is 28.7. The Morgan fingerprint density at radius 3 is 1.79 bits per heavy atom. The number of benzene rings is 8. The summed E-state index contributed by atoms with van der Waals surface area (Å²) in [7, 11) is 0. The number of rotatable bonds is 3. The normalized spacial score (nSPS) is 13.2. The molecule has 0 amide bonds. The summed E-state index contributed by atoms with van der Waals surface area (Å²) in [5, 5.41) is 4.45. The molecule has 5 heteroatoms. The lowest BCUT2D eigenvalue weighted by atomic mass is 9.43. The SMILES string of the molecule is c1ccc(-c2ccc3c(oc4ccccc43)c2N2c3ccccc3B3c4c(cccc42)-c2ccccc2N3c2cccc3c2oc2ccccc23)cc1. The summed E-state index contributed by atoms with van der Waals surface area (Å²) < 4.78 is 13.6. The summed E-state index contributed by atoms with van der Waals surface area (Å²) in [4.78, 5) is 4.98. The van der Waals surface area contributed by atoms with Crippen molar-refractivity contribution >= 4 is 90.1 Å². The van der Waals surface area contributed by atoms with Crippen molar-refractivity contribution in [2.75, 3.05) is 9.71 Å².